The first-order valence-corrected chi connectivity index (χ1v) is 7.02. The number of thiophene rings is 1. The van der Waals surface area contributed by atoms with Crippen LogP contribution in [-0.2, 0) is 14.3 Å². The van der Waals surface area contributed by atoms with Crippen LogP contribution >= 0.6 is 11.3 Å². The first-order chi connectivity index (χ1) is 9.60. The van der Waals surface area contributed by atoms with Crippen LogP contribution in [0.5, 0.6) is 0 Å². The summed E-state index contributed by atoms with van der Waals surface area (Å²) in [6.07, 6.45) is 0. The molecule has 0 fully saturated rings. The highest BCUT2D eigenvalue weighted by atomic mass is 32.1. The zero-order valence-electron chi connectivity index (χ0n) is 11.2. The first kappa shape index (κ1) is 14.2. The van der Waals surface area contributed by atoms with Gasteiger partial charge in [-0.25, -0.2) is 4.79 Å². The lowest BCUT2D eigenvalue weighted by Gasteiger charge is -2.26. The molecule has 20 heavy (non-hydrogen) atoms. The fourth-order valence-electron chi connectivity index (χ4n) is 2.13. The van der Waals surface area contributed by atoms with Gasteiger partial charge >= 0.3 is 5.97 Å². The molecular formula is C14H14N2O3S. The Morgan fingerprint density at radius 2 is 2.40 bits per heavy atom. The lowest BCUT2D eigenvalue weighted by molar-refractivity contribution is -0.139. The molecule has 0 bridgehead atoms. The van der Waals surface area contributed by atoms with E-state index in [9.17, 15) is 10.1 Å². The van der Waals surface area contributed by atoms with E-state index >= 15 is 0 Å². The second kappa shape index (κ2) is 5.80. The molecule has 0 aromatic carbocycles. The number of hydrogen-bond acceptors (Lipinski definition) is 6. The van der Waals surface area contributed by atoms with Crippen LogP contribution in [0.2, 0.25) is 0 Å². The number of carbonyl (C=O) groups excluding carboxylic acids is 1. The topological polar surface area (TPSA) is 85.3 Å². The standard InChI is InChI=1S/C14H14N2O3S/c1-3-18-14(17)11-8(2)19-13(16)10(6-15)12(11)9-4-5-20-7-9/h4-5,7,12H,3,16H2,1-2H3/t12-/m0/s1. The van der Waals surface area contributed by atoms with E-state index in [4.69, 9.17) is 15.2 Å². The maximum atomic E-state index is 12.2. The molecule has 1 aliphatic rings. The average Bonchev–Trinajstić information content (AvgIpc) is 2.91. The fraction of sp³-hybridized carbons (Fsp3) is 0.286. The van der Waals surface area contributed by atoms with Gasteiger partial charge in [0, 0.05) is 0 Å². The van der Waals surface area contributed by atoms with Gasteiger partial charge in [-0.3, -0.25) is 0 Å². The molecule has 1 aromatic heterocycles. The summed E-state index contributed by atoms with van der Waals surface area (Å²) in [5.74, 6) is -0.606. The fourth-order valence-corrected chi connectivity index (χ4v) is 2.81. The molecule has 6 heteroatoms. The van der Waals surface area contributed by atoms with Crippen molar-refractivity contribution in [2.75, 3.05) is 6.61 Å². The largest absolute Gasteiger partial charge is 0.463 e. The molecule has 0 unspecified atom stereocenters. The number of nitrogens with zero attached hydrogens (tertiary/aromatic N) is 1. The summed E-state index contributed by atoms with van der Waals surface area (Å²) in [6, 6.07) is 3.89. The van der Waals surface area contributed by atoms with E-state index < -0.39 is 11.9 Å². The van der Waals surface area contributed by atoms with Crippen LogP contribution in [0.1, 0.15) is 25.3 Å². The summed E-state index contributed by atoms with van der Waals surface area (Å²) in [5, 5.41) is 13.1. The molecule has 1 atom stereocenters. The van der Waals surface area contributed by atoms with Crippen molar-refractivity contribution in [2.45, 2.75) is 19.8 Å². The molecule has 2 rings (SSSR count). The zero-order valence-corrected chi connectivity index (χ0v) is 12.0. The number of ether oxygens (including phenoxy) is 2. The van der Waals surface area contributed by atoms with Gasteiger partial charge in [0.05, 0.1) is 18.1 Å². The number of esters is 1. The maximum Gasteiger partial charge on any atom is 0.338 e. The number of nitrogens with two attached hydrogens (primary N) is 1. The third kappa shape index (κ3) is 2.40. The number of carbonyl (C=O) groups is 1. The zero-order chi connectivity index (χ0) is 14.7. The summed E-state index contributed by atoms with van der Waals surface area (Å²) in [6.45, 7) is 3.63. The van der Waals surface area contributed by atoms with Gasteiger partial charge in [-0.1, -0.05) is 0 Å². The Labute approximate surface area is 120 Å². The van der Waals surface area contributed by atoms with Crippen molar-refractivity contribution >= 4 is 17.3 Å². The van der Waals surface area contributed by atoms with Gasteiger partial charge in [-0.15, -0.1) is 0 Å². The van der Waals surface area contributed by atoms with Gasteiger partial charge in [0.15, 0.2) is 0 Å². The second-order valence-electron chi connectivity index (χ2n) is 4.17. The number of rotatable bonds is 3. The minimum absolute atomic E-state index is 0.0363. The summed E-state index contributed by atoms with van der Waals surface area (Å²) < 4.78 is 10.4. The number of hydrogen-bond donors (Lipinski definition) is 1. The van der Waals surface area contributed by atoms with E-state index in [0.717, 1.165) is 5.56 Å². The van der Waals surface area contributed by atoms with Crippen LogP contribution in [0.15, 0.2) is 39.6 Å². The second-order valence-corrected chi connectivity index (χ2v) is 4.95. The van der Waals surface area contributed by atoms with Crippen molar-refractivity contribution in [3.63, 3.8) is 0 Å². The molecule has 2 N–H and O–H groups in total. The number of nitriles is 1. The SMILES string of the molecule is CCOC(=O)C1=C(C)OC(N)=C(C#N)[C@@H]1c1ccsc1. The average molecular weight is 290 g/mol. The van der Waals surface area contributed by atoms with Crippen molar-refractivity contribution < 1.29 is 14.3 Å². The molecule has 0 saturated carbocycles. The summed E-state index contributed by atoms with van der Waals surface area (Å²) in [4.78, 5) is 12.2. The molecule has 1 aromatic rings. The Morgan fingerprint density at radius 3 is 2.95 bits per heavy atom. The van der Waals surface area contributed by atoms with Crippen molar-refractivity contribution in [3.8, 4) is 6.07 Å². The van der Waals surface area contributed by atoms with Gasteiger partial charge in [-0.05, 0) is 36.2 Å². The minimum Gasteiger partial charge on any atom is -0.463 e. The highest BCUT2D eigenvalue weighted by Gasteiger charge is 2.36. The van der Waals surface area contributed by atoms with Crippen LogP contribution < -0.4 is 5.73 Å². The Balaban J connectivity index is 2.55. The monoisotopic (exact) mass is 290 g/mol. The van der Waals surface area contributed by atoms with E-state index in [2.05, 4.69) is 0 Å². The highest BCUT2D eigenvalue weighted by Crippen LogP contribution is 2.40. The van der Waals surface area contributed by atoms with Gasteiger partial charge in [0.2, 0.25) is 5.88 Å². The van der Waals surface area contributed by atoms with Gasteiger partial charge < -0.3 is 15.2 Å². The van der Waals surface area contributed by atoms with E-state index in [1.54, 1.807) is 13.8 Å². The molecule has 2 heterocycles. The van der Waals surface area contributed by atoms with E-state index in [-0.39, 0.29) is 18.1 Å². The normalized spacial score (nSPS) is 18.6. The Bertz CT molecular complexity index is 623. The molecule has 1 aliphatic heterocycles. The minimum atomic E-state index is -0.529. The van der Waals surface area contributed by atoms with Crippen molar-refractivity contribution in [3.05, 3.63) is 45.2 Å². The van der Waals surface area contributed by atoms with Crippen molar-refractivity contribution in [2.24, 2.45) is 5.73 Å². The van der Waals surface area contributed by atoms with E-state index in [0.29, 0.717) is 11.3 Å². The van der Waals surface area contributed by atoms with Crippen LogP contribution in [-0.4, -0.2) is 12.6 Å². The predicted octanol–water partition coefficient (Wildman–Crippen LogP) is 2.39. The molecule has 0 spiro atoms. The lowest BCUT2D eigenvalue weighted by atomic mass is 9.84. The predicted molar refractivity (Wildman–Crippen MR) is 74.3 cm³/mol. The number of allylic oxidation sites excluding steroid dienone is 2. The molecular weight excluding hydrogens is 276 g/mol. The molecule has 0 aliphatic carbocycles. The third-order valence-electron chi connectivity index (χ3n) is 2.98. The van der Waals surface area contributed by atoms with Crippen molar-refractivity contribution in [1.82, 2.24) is 0 Å². The van der Waals surface area contributed by atoms with Gasteiger partial charge in [-0.2, -0.15) is 16.6 Å². The lowest BCUT2D eigenvalue weighted by Crippen LogP contribution is -2.25. The van der Waals surface area contributed by atoms with Gasteiger partial charge in [0.1, 0.15) is 17.4 Å². The smallest absolute Gasteiger partial charge is 0.338 e. The summed E-state index contributed by atoms with van der Waals surface area (Å²) in [5.41, 5.74) is 7.16. The van der Waals surface area contributed by atoms with Crippen LogP contribution in [0.25, 0.3) is 0 Å². The maximum absolute atomic E-state index is 12.2. The van der Waals surface area contributed by atoms with Crippen LogP contribution in [0, 0.1) is 11.3 Å². The molecule has 104 valence electrons. The molecule has 0 radical (unpaired) electrons. The highest BCUT2D eigenvalue weighted by molar-refractivity contribution is 7.08. The van der Waals surface area contributed by atoms with Crippen LogP contribution in [0.3, 0.4) is 0 Å². The molecule has 0 amide bonds. The van der Waals surface area contributed by atoms with Crippen LogP contribution in [0.4, 0.5) is 0 Å². The van der Waals surface area contributed by atoms with E-state index in [1.807, 2.05) is 22.9 Å². The van der Waals surface area contributed by atoms with Gasteiger partial charge in [0.25, 0.3) is 0 Å². The third-order valence-corrected chi connectivity index (χ3v) is 3.68. The Morgan fingerprint density at radius 1 is 1.65 bits per heavy atom. The Hall–Kier alpha value is -2.26. The molecule has 0 saturated heterocycles. The van der Waals surface area contributed by atoms with Crippen molar-refractivity contribution in [1.29, 1.82) is 5.26 Å². The molecule has 5 nitrogen and oxygen atoms in total. The summed E-state index contributed by atoms with van der Waals surface area (Å²) in [7, 11) is 0. The first-order valence-electron chi connectivity index (χ1n) is 6.07. The summed E-state index contributed by atoms with van der Waals surface area (Å²) >= 11 is 1.49. The Kier molecular flexibility index (Phi) is 4.11. The quantitative estimate of drug-likeness (QED) is 0.864. The van der Waals surface area contributed by atoms with E-state index in [1.165, 1.54) is 11.3 Å².